The van der Waals surface area contributed by atoms with Crippen molar-refractivity contribution in [1.29, 1.82) is 0 Å². The van der Waals surface area contributed by atoms with E-state index in [2.05, 4.69) is 13.8 Å². The van der Waals surface area contributed by atoms with Crippen LogP contribution in [0.4, 0.5) is 0 Å². The fraction of sp³-hybridized carbons (Fsp3) is 0.250. The highest BCUT2D eigenvalue weighted by Crippen LogP contribution is 2.25. The average molecular weight is 307 g/mol. The Morgan fingerprint density at radius 1 is 1.04 bits per heavy atom. The molecule has 3 heteroatoms. The molecule has 118 valence electrons. The maximum absolute atomic E-state index is 12.4. The van der Waals surface area contributed by atoms with Crippen LogP contribution in [0.3, 0.4) is 0 Å². The number of para-hydroxylation sites is 1. The molecule has 2 aromatic rings. The highest BCUT2D eigenvalue weighted by molar-refractivity contribution is 6.00. The molecule has 3 rings (SSSR count). The molecule has 2 aromatic carbocycles. The molecule has 0 aromatic heterocycles. The number of carbonyl (C=O) groups excluding carboxylic acids is 1. The molecular formula is C20H21NO2. The summed E-state index contributed by atoms with van der Waals surface area (Å²) in [5.41, 5.74) is 1.86. The summed E-state index contributed by atoms with van der Waals surface area (Å²) in [5.74, 6) is 1.73. The molecule has 0 spiro atoms. The van der Waals surface area contributed by atoms with E-state index in [0.717, 1.165) is 35.6 Å². The van der Waals surface area contributed by atoms with Gasteiger partial charge in [-0.15, -0.1) is 0 Å². The fourth-order valence-electron chi connectivity index (χ4n) is 2.75. The maximum atomic E-state index is 12.4. The average Bonchev–Trinajstić information content (AvgIpc) is 2.90. The lowest BCUT2D eigenvalue weighted by molar-refractivity contribution is -0.126. The first kappa shape index (κ1) is 15.3. The number of likely N-dealkylation sites (tertiary alicyclic amines) is 1. The maximum Gasteiger partial charge on any atom is 0.250 e. The van der Waals surface area contributed by atoms with Gasteiger partial charge in [-0.25, -0.2) is 0 Å². The number of hydrogen-bond acceptors (Lipinski definition) is 2. The zero-order valence-corrected chi connectivity index (χ0v) is 13.5. The van der Waals surface area contributed by atoms with E-state index in [9.17, 15) is 4.79 Å². The SMILES string of the molecule is CC(C)N1CCC(=Cc2cccc(Oc3ccccc3)c2)C1=O. The van der Waals surface area contributed by atoms with Gasteiger partial charge in [-0.2, -0.15) is 0 Å². The smallest absolute Gasteiger partial charge is 0.250 e. The van der Waals surface area contributed by atoms with Crippen molar-refractivity contribution < 1.29 is 9.53 Å². The minimum Gasteiger partial charge on any atom is -0.457 e. The van der Waals surface area contributed by atoms with Crippen molar-refractivity contribution in [1.82, 2.24) is 4.90 Å². The van der Waals surface area contributed by atoms with Crippen molar-refractivity contribution in [3.8, 4) is 11.5 Å². The molecule has 0 radical (unpaired) electrons. The third-order valence-electron chi connectivity index (χ3n) is 3.96. The third kappa shape index (κ3) is 3.62. The van der Waals surface area contributed by atoms with Gasteiger partial charge in [-0.1, -0.05) is 30.3 Å². The molecular weight excluding hydrogens is 286 g/mol. The normalized spacial score (nSPS) is 16.4. The molecule has 3 nitrogen and oxygen atoms in total. The second-order valence-corrected chi connectivity index (χ2v) is 6.00. The number of benzene rings is 2. The first-order valence-corrected chi connectivity index (χ1v) is 7.98. The molecule has 1 amide bonds. The van der Waals surface area contributed by atoms with E-state index >= 15 is 0 Å². The Morgan fingerprint density at radius 3 is 2.48 bits per heavy atom. The number of amides is 1. The van der Waals surface area contributed by atoms with Gasteiger partial charge in [0.05, 0.1) is 0 Å². The first-order chi connectivity index (χ1) is 11.1. The first-order valence-electron chi connectivity index (χ1n) is 7.98. The van der Waals surface area contributed by atoms with E-state index in [-0.39, 0.29) is 11.9 Å². The van der Waals surface area contributed by atoms with Gasteiger partial charge in [-0.3, -0.25) is 4.79 Å². The van der Waals surface area contributed by atoms with Crippen LogP contribution in [0.2, 0.25) is 0 Å². The molecule has 23 heavy (non-hydrogen) atoms. The predicted molar refractivity (Wildman–Crippen MR) is 92.4 cm³/mol. The second-order valence-electron chi connectivity index (χ2n) is 6.00. The standard InChI is InChI=1S/C20H21NO2/c1-15(2)21-12-11-17(20(21)22)13-16-7-6-10-19(14-16)23-18-8-4-3-5-9-18/h3-10,13-15H,11-12H2,1-2H3. The minimum absolute atomic E-state index is 0.148. The van der Waals surface area contributed by atoms with Gasteiger partial charge in [0.25, 0.3) is 0 Å². The lowest BCUT2D eigenvalue weighted by atomic mass is 10.1. The van der Waals surface area contributed by atoms with Crippen molar-refractivity contribution in [2.75, 3.05) is 6.54 Å². The van der Waals surface area contributed by atoms with Gasteiger partial charge in [0.15, 0.2) is 0 Å². The Bertz CT molecular complexity index is 719. The molecule has 0 atom stereocenters. The van der Waals surface area contributed by atoms with Gasteiger partial charge >= 0.3 is 0 Å². The van der Waals surface area contributed by atoms with Crippen LogP contribution in [0.25, 0.3) is 6.08 Å². The summed E-state index contributed by atoms with van der Waals surface area (Å²) in [5, 5.41) is 0. The molecule has 0 aliphatic carbocycles. The minimum atomic E-state index is 0.148. The van der Waals surface area contributed by atoms with Crippen LogP contribution in [0, 0.1) is 0 Å². The molecule has 1 fully saturated rings. The summed E-state index contributed by atoms with van der Waals surface area (Å²) in [4.78, 5) is 14.3. The summed E-state index contributed by atoms with van der Waals surface area (Å²) in [7, 11) is 0. The molecule has 1 heterocycles. The van der Waals surface area contributed by atoms with E-state index in [1.807, 2.05) is 65.6 Å². The molecule has 0 N–H and O–H groups in total. The number of rotatable bonds is 4. The van der Waals surface area contributed by atoms with Gasteiger partial charge in [0.2, 0.25) is 5.91 Å². The van der Waals surface area contributed by atoms with Crippen LogP contribution in [0.1, 0.15) is 25.8 Å². The molecule has 0 unspecified atom stereocenters. The van der Waals surface area contributed by atoms with Crippen LogP contribution in [0.5, 0.6) is 11.5 Å². The number of ether oxygens (including phenoxy) is 1. The number of hydrogen-bond donors (Lipinski definition) is 0. The molecule has 1 aliphatic heterocycles. The van der Waals surface area contributed by atoms with Crippen molar-refractivity contribution >= 4 is 12.0 Å². The highest BCUT2D eigenvalue weighted by Gasteiger charge is 2.27. The quantitative estimate of drug-likeness (QED) is 0.778. The van der Waals surface area contributed by atoms with Crippen molar-refractivity contribution in [3.63, 3.8) is 0 Å². The Labute approximate surface area is 137 Å². The molecule has 1 saturated heterocycles. The predicted octanol–water partition coefficient (Wildman–Crippen LogP) is 4.50. The van der Waals surface area contributed by atoms with Crippen molar-refractivity contribution in [3.05, 3.63) is 65.7 Å². The van der Waals surface area contributed by atoms with Gasteiger partial charge in [-0.05, 0) is 56.2 Å². The van der Waals surface area contributed by atoms with Gasteiger partial charge < -0.3 is 9.64 Å². The van der Waals surface area contributed by atoms with Crippen LogP contribution >= 0.6 is 0 Å². The van der Waals surface area contributed by atoms with Crippen LogP contribution < -0.4 is 4.74 Å². The van der Waals surface area contributed by atoms with Crippen molar-refractivity contribution in [2.24, 2.45) is 0 Å². The summed E-state index contributed by atoms with van der Waals surface area (Å²) < 4.78 is 5.85. The second kappa shape index (κ2) is 6.69. The van der Waals surface area contributed by atoms with Crippen LogP contribution in [-0.4, -0.2) is 23.4 Å². The number of carbonyl (C=O) groups is 1. The summed E-state index contributed by atoms with van der Waals surface area (Å²) in [6.07, 6.45) is 2.78. The van der Waals surface area contributed by atoms with E-state index in [1.165, 1.54) is 0 Å². The Balaban J connectivity index is 1.78. The van der Waals surface area contributed by atoms with E-state index in [0.29, 0.717) is 0 Å². The lowest BCUT2D eigenvalue weighted by Gasteiger charge is -2.19. The van der Waals surface area contributed by atoms with E-state index in [4.69, 9.17) is 4.74 Å². The van der Waals surface area contributed by atoms with Crippen molar-refractivity contribution in [2.45, 2.75) is 26.3 Å². The summed E-state index contributed by atoms with van der Waals surface area (Å²) in [6, 6.07) is 17.8. The molecule has 0 saturated carbocycles. The third-order valence-corrected chi connectivity index (χ3v) is 3.96. The highest BCUT2D eigenvalue weighted by atomic mass is 16.5. The van der Waals surface area contributed by atoms with Gasteiger partial charge in [0, 0.05) is 18.2 Å². The fourth-order valence-corrected chi connectivity index (χ4v) is 2.75. The summed E-state index contributed by atoms with van der Waals surface area (Å²) >= 11 is 0. The number of nitrogens with zero attached hydrogens (tertiary/aromatic N) is 1. The molecule has 1 aliphatic rings. The summed E-state index contributed by atoms with van der Waals surface area (Å²) in [6.45, 7) is 4.91. The van der Waals surface area contributed by atoms with E-state index in [1.54, 1.807) is 0 Å². The molecule has 0 bridgehead atoms. The zero-order valence-electron chi connectivity index (χ0n) is 13.5. The van der Waals surface area contributed by atoms with E-state index < -0.39 is 0 Å². The Morgan fingerprint density at radius 2 is 1.78 bits per heavy atom. The van der Waals surface area contributed by atoms with Crippen LogP contribution in [-0.2, 0) is 4.79 Å². The lowest BCUT2D eigenvalue weighted by Crippen LogP contribution is -2.31. The zero-order chi connectivity index (χ0) is 16.2. The van der Waals surface area contributed by atoms with Gasteiger partial charge in [0.1, 0.15) is 11.5 Å². The Kier molecular flexibility index (Phi) is 4.47. The Hall–Kier alpha value is -2.55. The van der Waals surface area contributed by atoms with Crippen LogP contribution in [0.15, 0.2) is 60.2 Å². The topological polar surface area (TPSA) is 29.5 Å². The monoisotopic (exact) mass is 307 g/mol. The largest absolute Gasteiger partial charge is 0.457 e.